The molecule has 0 spiro atoms. The maximum absolute atomic E-state index is 13.7. The molecule has 2 fully saturated rings. The number of ketones is 1. The van der Waals surface area contributed by atoms with Gasteiger partial charge in [-0.2, -0.15) is 0 Å². The van der Waals surface area contributed by atoms with Crippen LogP contribution in [0.4, 0.5) is 0 Å². The smallest absolute Gasteiger partial charge is 0.576 e. The lowest BCUT2D eigenvalue weighted by Gasteiger charge is -2.56. The molecule has 0 saturated carbocycles. The number of carbonyl (C=O) groups excluding carboxylic acids is 4. The van der Waals surface area contributed by atoms with Gasteiger partial charge in [0.05, 0.1) is 18.2 Å². The summed E-state index contributed by atoms with van der Waals surface area (Å²) in [4.78, 5) is 71.5. The van der Waals surface area contributed by atoms with Crippen molar-refractivity contribution in [1.82, 2.24) is 15.2 Å². The minimum Gasteiger partial charge on any atom is -0.718 e. The molecule has 3 N–H and O–H groups in total. The molecule has 2 saturated heterocycles. The van der Waals surface area contributed by atoms with Gasteiger partial charge in [0.25, 0.3) is 17.8 Å². The van der Waals surface area contributed by atoms with Crippen molar-refractivity contribution in [2.75, 3.05) is 14.1 Å². The number of aliphatic hydroxyl groups is 1. The number of carboxylic acids is 1. The first kappa shape index (κ1) is 31.8. The average molecular weight is 595 g/mol. The number of hydrogen-bond donors (Lipinski definition) is 2. The normalized spacial score (nSPS) is 23.4. The standard InChI is InChI=1S/C30H38BN3O9/c1-18(2)14-21(31-41-25(37)16-30(43-31,17-26(38)42-31)29(40)34(4)5)15-24(36)27(19(3)35)33-28(39)23-13-9-12-22(32-23)20-10-7-6-8-11-20/h6-13,18-19,21,27,35,41H,14-17H2,1-5H3,(H,33,39)/t19-,21-,27+,30+,31?/m1/s1. The Morgan fingerprint density at radius 1 is 1.07 bits per heavy atom. The van der Waals surface area contributed by atoms with Crippen LogP contribution in [0.15, 0.2) is 48.5 Å². The number of pyridine rings is 1. The van der Waals surface area contributed by atoms with Crippen LogP contribution in [0, 0.1) is 5.92 Å². The van der Waals surface area contributed by atoms with Gasteiger partial charge in [-0.3, -0.25) is 19.2 Å². The number of nitrogens with zero attached hydrogens (tertiary/aromatic N) is 2. The second-order valence-corrected chi connectivity index (χ2v) is 11.9. The minimum atomic E-state index is -3.10. The van der Waals surface area contributed by atoms with Gasteiger partial charge in [-0.25, -0.2) is 4.98 Å². The first-order chi connectivity index (χ1) is 20.2. The summed E-state index contributed by atoms with van der Waals surface area (Å²) in [5, 5.41) is 13.1. The van der Waals surface area contributed by atoms with Gasteiger partial charge in [0.2, 0.25) is 0 Å². The van der Waals surface area contributed by atoms with Gasteiger partial charge in [-0.1, -0.05) is 56.7 Å². The molecule has 13 heteroatoms. The molecule has 12 nitrogen and oxygen atoms in total. The van der Waals surface area contributed by atoms with Gasteiger partial charge in [-0.15, -0.1) is 0 Å². The summed E-state index contributed by atoms with van der Waals surface area (Å²) in [5.74, 6) is -4.26. The Bertz CT molecular complexity index is 1380. The highest BCUT2D eigenvalue weighted by molar-refractivity contribution is 6.66. The molecule has 1 aromatic carbocycles. The van der Waals surface area contributed by atoms with Crippen LogP contribution in [0.1, 0.15) is 56.9 Å². The van der Waals surface area contributed by atoms with Gasteiger partial charge >= 0.3 is 12.7 Å². The van der Waals surface area contributed by atoms with E-state index in [-0.39, 0.29) is 24.5 Å². The van der Waals surface area contributed by atoms with E-state index >= 15 is 0 Å². The summed E-state index contributed by atoms with van der Waals surface area (Å²) in [5.41, 5.74) is -0.383. The van der Waals surface area contributed by atoms with Crippen LogP contribution in [-0.2, 0) is 28.5 Å². The van der Waals surface area contributed by atoms with Crippen LogP contribution in [0.25, 0.3) is 11.3 Å². The fourth-order valence-electron chi connectivity index (χ4n) is 5.82. The van der Waals surface area contributed by atoms with E-state index in [1.54, 1.807) is 12.1 Å². The summed E-state index contributed by atoms with van der Waals surface area (Å²) in [7, 11) is 2.97. The number of amides is 2. The highest BCUT2D eigenvalue weighted by atomic mass is 16.8. The Kier molecular flexibility index (Phi) is 9.36. The minimum absolute atomic E-state index is 0.0470. The van der Waals surface area contributed by atoms with Crippen LogP contribution < -0.4 is 5.32 Å². The second-order valence-electron chi connectivity index (χ2n) is 11.9. The van der Waals surface area contributed by atoms with Crippen molar-refractivity contribution in [2.24, 2.45) is 5.92 Å². The van der Waals surface area contributed by atoms with Crippen molar-refractivity contribution in [2.45, 2.75) is 70.0 Å². The zero-order valence-electron chi connectivity index (χ0n) is 25.0. The van der Waals surface area contributed by atoms with Crippen molar-refractivity contribution in [3.63, 3.8) is 0 Å². The number of Topliss-reactive ketones (excluding diaryl/α,β-unsaturated/α-hetero) is 1. The Hall–Kier alpha value is -4.10. The van der Waals surface area contributed by atoms with Gasteiger partial charge in [0.15, 0.2) is 5.78 Å². The van der Waals surface area contributed by atoms with Crippen molar-refractivity contribution < 1.29 is 43.0 Å². The summed E-state index contributed by atoms with van der Waals surface area (Å²) in [6, 6.07) is 12.8. The Labute approximate surface area is 250 Å². The largest absolute Gasteiger partial charge is 0.718 e. The fraction of sp³-hybridized carbons (Fsp3) is 0.467. The third kappa shape index (κ3) is 6.94. The SMILES string of the molecule is CC(C)C[C@H](CC(=O)[C@@H](NC(=O)c1cccc(-c2ccccc2)n1)[C@@H](C)O)[B-]12OC(=O)C[C@](C(=O)N(C)C)(CC(=O)[OH+]1)O2. The van der Waals surface area contributed by atoms with E-state index < -0.39 is 72.7 Å². The van der Waals surface area contributed by atoms with Crippen LogP contribution in [0.5, 0.6) is 0 Å². The molecule has 5 atom stereocenters. The summed E-state index contributed by atoms with van der Waals surface area (Å²) in [6.07, 6.45) is -2.30. The van der Waals surface area contributed by atoms with E-state index in [1.165, 1.54) is 32.0 Å². The number of aromatic nitrogens is 1. The molecule has 2 aliphatic heterocycles. The molecule has 2 bridgehead atoms. The molecule has 0 aliphatic carbocycles. The van der Waals surface area contributed by atoms with Crippen molar-refractivity contribution in [3.8, 4) is 11.3 Å². The lowest BCUT2D eigenvalue weighted by Crippen LogP contribution is -2.72. The summed E-state index contributed by atoms with van der Waals surface area (Å²) >= 11 is 0. The molecule has 1 unspecified atom stereocenters. The third-order valence-corrected chi connectivity index (χ3v) is 7.68. The molecular weight excluding hydrogens is 557 g/mol. The fourth-order valence-corrected chi connectivity index (χ4v) is 5.82. The highest BCUT2D eigenvalue weighted by Gasteiger charge is 2.65. The summed E-state index contributed by atoms with van der Waals surface area (Å²) < 4.78 is 15.9. The van der Waals surface area contributed by atoms with E-state index in [2.05, 4.69) is 15.0 Å². The average Bonchev–Trinajstić information content (AvgIpc) is 2.94. The van der Waals surface area contributed by atoms with Gasteiger partial charge in [0.1, 0.15) is 23.8 Å². The zero-order chi connectivity index (χ0) is 31.5. The topological polar surface area (TPSA) is 165 Å². The molecule has 2 amide bonds. The number of aliphatic hydroxyl groups excluding tert-OH is 1. The molecule has 2 aliphatic rings. The number of hydrogen-bond acceptors (Lipinski definition) is 9. The number of carbonyl (C=O) groups is 5. The third-order valence-electron chi connectivity index (χ3n) is 7.68. The molecular formula is C30H38BN3O9. The highest BCUT2D eigenvalue weighted by Crippen LogP contribution is 2.45. The van der Waals surface area contributed by atoms with Crippen LogP contribution in [0.2, 0.25) is 5.82 Å². The Morgan fingerprint density at radius 2 is 1.77 bits per heavy atom. The molecule has 1 aromatic heterocycles. The van der Waals surface area contributed by atoms with E-state index in [0.29, 0.717) is 5.69 Å². The first-order valence-electron chi connectivity index (χ1n) is 14.3. The van der Waals surface area contributed by atoms with E-state index in [9.17, 15) is 29.1 Å². The zero-order valence-corrected chi connectivity index (χ0v) is 25.0. The molecule has 2 aromatic rings. The number of rotatable bonds is 11. The number of aliphatic carboxylic acids is 1. The molecule has 4 rings (SSSR count). The van der Waals surface area contributed by atoms with Crippen LogP contribution in [0.3, 0.4) is 0 Å². The maximum Gasteiger partial charge on any atom is 0.576 e. The van der Waals surface area contributed by atoms with Gasteiger partial charge < -0.3 is 29.3 Å². The Morgan fingerprint density at radius 3 is 2.40 bits per heavy atom. The predicted octanol–water partition coefficient (Wildman–Crippen LogP) is 1.79. The lowest BCUT2D eigenvalue weighted by atomic mass is 9.55. The second kappa shape index (κ2) is 12.6. The molecule has 0 radical (unpaired) electrons. The summed E-state index contributed by atoms with van der Waals surface area (Å²) in [6.45, 7) is 2.01. The van der Waals surface area contributed by atoms with E-state index in [0.717, 1.165) is 5.56 Å². The van der Waals surface area contributed by atoms with E-state index in [4.69, 9.17) is 9.31 Å². The number of fused-ring (bicyclic) bond motifs is 2. The Balaban J connectivity index is 1.60. The monoisotopic (exact) mass is 595 g/mol. The first-order valence-corrected chi connectivity index (χ1v) is 14.3. The van der Waals surface area contributed by atoms with Gasteiger partial charge in [-0.05, 0) is 37.2 Å². The lowest BCUT2D eigenvalue weighted by molar-refractivity contribution is -0.204. The van der Waals surface area contributed by atoms with Crippen molar-refractivity contribution in [1.29, 1.82) is 0 Å². The van der Waals surface area contributed by atoms with Crippen LogP contribution >= 0.6 is 0 Å². The van der Waals surface area contributed by atoms with Gasteiger partial charge in [0, 0.05) is 24.5 Å². The quantitative estimate of drug-likeness (QED) is 0.291. The molecule has 43 heavy (non-hydrogen) atoms. The number of benzene rings is 1. The van der Waals surface area contributed by atoms with E-state index in [1.807, 2.05) is 44.2 Å². The number of nitrogens with one attached hydrogen (secondary N) is 1. The molecule has 3 heterocycles. The predicted molar refractivity (Wildman–Crippen MR) is 156 cm³/mol. The van der Waals surface area contributed by atoms with Crippen molar-refractivity contribution >= 4 is 36.3 Å². The molecule has 230 valence electrons. The number of likely N-dealkylation sites (N-methyl/N-ethyl adjacent to an activating group) is 1. The van der Waals surface area contributed by atoms with Crippen molar-refractivity contribution in [3.05, 3.63) is 54.2 Å². The van der Waals surface area contributed by atoms with Crippen LogP contribution in [-0.4, -0.2) is 87.8 Å². The maximum atomic E-state index is 13.7.